The van der Waals surface area contributed by atoms with Crippen molar-refractivity contribution in [2.45, 2.75) is 58.0 Å². The van der Waals surface area contributed by atoms with Gasteiger partial charge in [0.1, 0.15) is 0 Å². The minimum absolute atomic E-state index is 0.264. The number of aliphatic hydroxyl groups excluding tert-OH is 1. The van der Waals surface area contributed by atoms with Crippen LogP contribution >= 0.6 is 27.3 Å². The van der Waals surface area contributed by atoms with Crippen LogP contribution in [0.2, 0.25) is 0 Å². The maximum Gasteiger partial charge on any atom is 0.0801 e. The molecule has 3 heteroatoms. The fourth-order valence-electron chi connectivity index (χ4n) is 2.81. The Morgan fingerprint density at radius 1 is 1.41 bits per heavy atom. The molecule has 1 unspecified atom stereocenters. The van der Waals surface area contributed by atoms with Gasteiger partial charge in [-0.1, -0.05) is 32.1 Å². The van der Waals surface area contributed by atoms with Crippen molar-refractivity contribution in [2.75, 3.05) is 0 Å². The van der Waals surface area contributed by atoms with Crippen LogP contribution in [0.5, 0.6) is 0 Å². The summed E-state index contributed by atoms with van der Waals surface area (Å²) in [7, 11) is 0. The molecule has 1 heterocycles. The van der Waals surface area contributed by atoms with Crippen LogP contribution in [0.1, 0.15) is 61.5 Å². The maximum atomic E-state index is 10.2. The Kier molecular flexibility index (Phi) is 5.07. The SMILES string of the molecule is Cc1sc(Br)cc1C(O)CCC1CCCCC1. The quantitative estimate of drug-likeness (QED) is 0.808. The Morgan fingerprint density at radius 3 is 2.71 bits per heavy atom. The van der Waals surface area contributed by atoms with Gasteiger partial charge in [0.05, 0.1) is 9.89 Å². The first kappa shape index (κ1) is 13.6. The zero-order valence-electron chi connectivity index (χ0n) is 10.4. The highest BCUT2D eigenvalue weighted by Crippen LogP contribution is 2.35. The second-order valence-corrected chi connectivity index (χ2v) is 7.79. The van der Waals surface area contributed by atoms with Crippen LogP contribution in [-0.2, 0) is 0 Å². The van der Waals surface area contributed by atoms with Crippen molar-refractivity contribution >= 4 is 27.3 Å². The molecular formula is C14H21BrOS. The summed E-state index contributed by atoms with van der Waals surface area (Å²) >= 11 is 5.20. The summed E-state index contributed by atoms with van der Waals surface area (Å²) in [5.41, 5.74) is 1.12. The average molecular weight is 317 g/mol. The number of rotatable bonds is 4. The monoisotopic (exact) mass is 316 g/mol. The van der Waals surface area contributed by atoms with Crippen LogP contribution in [0.4, 0.5) is 0 Å². The summed E-state index contributed by atoms with van der Waals surface area (Å²) in [6, 6.07) is 2.07. The first-order chi connectivity index (χ1) is 8.16. The van der Waals surface area contributed by atoms with Gasteiger partial charge in [-0.2, -0.15) is 0 Å². The fraction of sp³-hybridized carbons (Fsp3) is 0.714. The highest BCUT2D eigenvalue weighted by Gasteiger charge is 2.18. The van der Waals surface area contributed by atoms with Crippen molar-refractivity contribution in [1.29, 1.82) is 0 Å². The molecule has 0 bridgehead atoms. The van der Waals surface area contributed by atoms with Crippen LogP contribution in [0, 0.1) is 12.8 Å². The highest BCUT2D eigenvalue weighted by atomic mass is 79.9. The molecule has 0 spiro atoms. The topological polar surface area (TPSA) is 20.2 Å². The van der Waals surface area contributed by atoms with Crippen molar-refractivity contribution in [3.05, 3.63) is 20.3 Å². The number of halogens is 1. The molecule has 1 N–H and O–H groups in total. The summed E-state index contributed by atoms with van der Waals surface area (Å²) < 4.78 is 1.13. The van der Waals surface area contributed by atoms with Gasteiger partial charge < -0.3 is 5.11 Å². The molecule has 1 aliphatic carbocycles. The van der Waals surface area contributed by atoms with Gasteiger partial charge >= 0.3 is 0 Å². The van der Waals surface area contributed by atoms with Gasteiger partial charge in [-0.25, -0.2) is 0 Å². The zero-order valence-corrected chi connectivity index (χ0v) is 12.8. The van der Waals surface area contributed by atoms with E-state index in [1.807, 2.05) is 0 Å². The van der Waals surface area contributed by atoms with Crippen molar-refractivity contribution in [1.82, 2.24) is 0 Å². The van der Waals surface area contributed by atoms with Gasteiger partial charge in [-0.05, 0) is 53.2 Å². The van der Waals surface area contributed by atoms with Crippen LogP contribution in [-0.4, -0.2) is 5.11 Å². The number of aryl methyl sites for hydroxylation is 1. The molecular weight excluding hydrogens is 296 g/mol. The molecule has 1 atom stereocenters. The van der Waals surface area contributed by atoms with Crippen molar-refractivity contribution in [2.24, 2.45) is 5.92 Å². The number of thiophene rings is 1. The lowest BCUT2D eigenvalue weighted by Gasteiger charge is -2.22. The molecule has 96 valence electrons. The Bertz CT molecular complexity index is 355. The van der Waals surface area contributed by atoms with E-state index in [-0.39, 0.29) is 6.10 Å². The molecule has 0 radical (unpaired) electrons. The summed E-state index contributed by atoms with van der Waals surface area (Å²) in [6.07, 6.45) is 8.80. The fourth-order valence-corrected chi connectivity index (χ4v) is 4.58. The molecule has 1 saturated carbocycles. The van der Waals surface area contributed by atoms with E-state index in [0.29, 0.717) is 0 Å². The molecule has 1 fully saturated rings. The zero-order chi connectivity index (χ0) is 12.3. The molecule has 1 aromatic heterocycles. The predicted molar refractivity (Wildman–Crippen MR) is 77.5 cm³/mol. The standard InChI is InChI=1S/C14H21BrOS/c1-10-12(9-14(15)17-10)13(16)8-7-11-5-3-2-4-6-11/h9,11,13,16H,2-8H2,1H3. The van der Waals surface area contributed by atoms with Crippen LogP contribution in [0.25, 0.3) is 0 Å². The summed E-state index contributed by atoms with van der Waals surface area (Å²) in [5.74, 6) is 0.862. The molecule has 1 nitrogen and oxygen atoms in total. The first-order valence-corrected chi connectivity index (χ1v) is 8.21. The Morgan fingerprint density at radius 2 is 2.12 bits per heavy atom. The van der Waals surface area contributed by atoms with E-state index in [9.17, 15) is 5.11 Å². The van der Waals surface area contributed by atoms with E-state index < -0.39 is 0 Å². The maximum absolute atomic E-state index is 10.2. The van der Waals surface area contributed by atoms with Crippen LogP contribution < -0.4 is 0 Å². The van der Waals surface area contributed by atoms with E-state index in [0.717, 1.165) is 21.7 Å². The van der Waals surface area contributed by atoms with E-state index in [4.69, 9.17) is 0 Å². The molecule has 0 aromatic carbocycles. The molecule has 0 aliphatic heterocycles. The summed E-state index contributed by atoms with van der Waals surface area (Å²) in [4.78, 5) is 1.24. The lowest BCUT2D eigenvalue weighted by Crippen LogP contribution is -2.08. The minimum Gasteiger partial charge on any atom is -0.388 e. The summed E-state index contributed by atoms with van der Waals surface area (Å²) in [5, 5.41) is 10.2. The Hall–Kier alpha value is 0.140. The third-order valence-corrected chi connectivity index (χ3v) is 5.43. The van der Waals surface area contributed by atoms with Crippen LogP contribution in [0.3, 0.4) is 0 Å². The Labute approximate surface area is 116 Å². The van der Waals surface area contributed by atoms with Crippen molar-refractivity contribution < 1.29 is 5.11 Å². The van der Waals surface area contributed by atoms with Crippen molar-refractivity contribution in [3.63, 3.8) is 0 Å². The van der Waals surface area contributed by atoms with Crippen LogP contribution in [0.15, 0.2) is 9.85 Å². The summed E-state index contributed by atoms with van der Waals surface area (Å²) in [6.45, 7) is 2.09. The van der Waals surface area contributed by atoms with Gasteiger partial charge in [-0.15, -0.1) is 11.3 Å². The van der Waals surface area contributed by atoms with Gasteiger partial charge in [-0.3, -0.25) is 0 Å². The normalized spacial score (nSPS) is 19.5. The lowest BCUT2D eigenvalue weighted by atomic mass is 9.85. The highest BCUT2D eigenvalue weighted by molar-refractivity contribution is 9.11. The van der Waals surface area contributed by atoms with Crippen molar-refractivity contribution in [3.8, 4) is 0 Å². The van der Waals surface area contributed by atoms with E-state index >= 15 is 0 Å². The van der Waals surface area contributed by atoms with Gasteiger partial charge in [0.25, 0.3) is 0 Å². The first-order valence-electron chi connectivity index (χ1n) is 6.60. The second kappa shape index (κ2) is 6.35. The average Bonchev–Trinajstić information content (AvgIpc) is 2.67. The van der Waals surface area contributed by atoms with E-state index in [2.05, 4.69) is 28.9 Å². The third kappa shape index (κ3) is 3.80. The molecule has 17 heavy (non-hydrogen) atoms. The molecule has 1 aliphatic rings. The van der Waals surface area contributed by atoms with E-state index in [1.165, 1.54) is 43.4 Å². The molecule has 0 saturated heterocycles. The number of hydrogen-bond donors (Lipinski definition) is 1. The molecule has 1 aromatic rings. The van der Waals surface area contributed by atoms with Gasteiger partial charge in [0.15, 0.2) is 0 Å². The second-order valence-electron chi connectivity index (χ2n) is 5.16. The number of aliphatic hydroxyl groups is 1. The Balaban J connectivity index is 1.84. The van der Waals surface area contributed by atoms with Gasteiger partial charge in [0, 0.05) is 4.88 Å². The van der Waals surface area contributed by atoms with Gasteiger partial charge in [0.2, 0.25) is 0 Å². The largest absolute Gasteiger partial charge is 0.388 e. The van der Waals surface area contributed by atoms with E-state index in [1.54, 1.807) is 11.3 Å². The lowest BCUT2D eigenvalue weighted by molar-refractivity contribution is 0.151. The smallest absolute Gasteiger partial charge is 0.0801 e. The predicted octanol–water partition coefficient (Wildman–Crippen LogP) is 5.21. The number of hydrogen-bond acceptors (Lipinski definition) is 2. The molecule has 0 amide bonds. The third-order valence-electron chi connectivity index (χ3n) is 3.86. The molecule has 2 rings (SSSR count). The minimum atomic E-state index is -0.264.